The van der Waals surface area contributed by atoms with Crippen LogP contribution < -0.4 is 5.32 Å². The van der Waals surface area contributed by atoms with E-state index in [1.165, 1.54) is 17.3 Å². The van der Waals surface area contributed by atoms with Crippen LogP contribution in [0.15, 0.2) is 72.1 Å². The summed E-state index contributed by atoms with van der Waals surface area (Å²) < 4.78 is 2.04. The fraction of sp³-hybridized carbons (Fsp3) is 0.259. The summed E-state index contributed by atoms with van der Waals surface area (Å²) in [5.41, 5.74) is 6.03. The molecule has 0 aliphatic carbocycles. The molecule has 6 nitrogen and oxygen atoms in total. The van der Waals surface area contributed by atoms with E-state index in [1.54, 1.807) is 12.4 Å². The van der Waals surface area contributed by atoms with Crippen molar-refractivity contribution >= 4 is 23.4 Å². The van der Waals surface area contributed by atoms with Gasteiger partial charge in [-0.3, -0.25) is 14.3 Å². The van der Waals surface area contributed by atoms with Crippen LogP contribution in [-0.2, 0) is 4.79 Å². The molecule has 4 rings (SSSR count). The molecule has 34 heavy (non-hydrogen) atoms. The maximum absolute atomic E-state index is 13.1. The Labute approximate surface area is 204 Å². The number of aryl methyl sites for hydroxylation is 2. The molecule has 0 saturated carbocycles. The topological polar surface area (TPSA) is 72.7 Å². The Bertz CT molecular complexity index is 1300. The first-order valence-corrected chi connectivity index (χ1v) is 12.2. The van der Waals surface area contributed by atoms with Crippen molar-refractivity contribution in [1.29, 1.82) is 0 Å². The van der Waals surface area contributed by atoms with E-state index in [9.17, 15) is 4.79 Å². The molecule has 0 aliphatic rings. The minimum absolute atomic E-state index is 0.0756. The SMILES string of the molecule is Cc1ccc(C)c(NC(=O)C(C)Sc2nnc(-c3cccnc3)n2-c2ccccc2C(C)C)c1. The molecule has 1 atom stereocenters. The van der Waals surface area contributed by atoms with E-state index in [1.807, 2.05) is 67.8 Å². The number of para-hydroxylation sites is 1. The molecule has 1 unspecified atom stereocenters. The van der Waals surface area contributed by atoms with Crippen molar-refractivity contribution in [3.63, 3.8) is 0 Å². The van der Waals surface area contributed by atoms with Crippen molar-refractivity contribution in [1.82, 2.24) is 19.7 Å². The number of rotatable bonds is 7. The number of carbonyl (C=O) groups is 1. The van der Waals surface area contributed by atoms with Crippen LogP contribution in [-0.4, -0.2) is 30.9 Å². The van der Waals surface area contributed by atoms with Gasteiger partial charge in [0.2, 0.25) is 5.91 Å². The standard InChI is InChI=1S/C27H29N5OS/c1-17(2)22-10-6-7-11-24(22)32-25(21-9-8-14-28-16-21)30-31-27(32)34-20(5)26(33)29-23-15-18(3)12-13-19(23)4/h6-17,20H,1-5H3,(H,29,33). The average Bonchev–Trinajstić information content (AvgIpc) is 3.25. The molecular weight excluding hydrogens is 442 g/mol. The lowest BCUT2D eigenvalue weighted by molar-refractivity contribution is -0.115. The molecule has 7 heteroatoms. The van der Waals surface area contributed by atoms with Crippen molar-refractivity contribution < 1.29 is 4.79 Å². The highest BCUT2D eigenvalue weighted by Gasteiger charge is 2.24. The summed E-state index contributed by atoms with van der Waals surface area (Å²) in [6, 6.07) is 18.2. The number of amides is 1. The van der Waals surface area contributed by atoms with Gasteiger partial charge in [-0.05, 0) is 67.6 Å². The molecule has 2 heterocycles. The zero-order valence-corrected chi connectivity index (χ0v) is 20.9. The Morgan fingerprint density at radius 3 is 2.53 bits per heavy atom. The number of anilines is 1. The second kappa shape index (κ2) is 10.2. The maximum Gasteiger partial charge on any atom is 0.237 e. The molecule has 1 N–H and O–H groups in total. The van der Waals surface area contributed by atoms with Crippen LogP contribution >= 0.6 is 11.8 Å². The molecule has 0 radical (unpaired) electrons. The molecule has 0 saturated heterocycles. The molecule has 2 aromatic carbocycles. The summed E-state index contributed by atoms with van der Waals surface area (Å²) in [5, 5.41) is 12.4. The van der Waals surface area contributed by atoms with Crippen molar-refractivity contribution in [2.75, 3.05) is 5.32 Å². The van der Waals surface area contributed by atoms with E-state index in [4.69, 9.17) is 0 Å². The first kappa shape index (κ1) is 23.7. The van der Waals surface area contributed by atoms with Gasteiger partial charge in [0.15, 0.2) is 11.0 Å². The minimum Gasteiger partial charge on any atom is -0.325 e. The quantitative estimate of drug-likeness (QED) is 0.325. The Balaban J connectivity index is 1.70. The van der Waals surface area contributed by atoms with Gasteiger partial charge in [0.1, 0.15) is 0 Å². The number of nitrogens with one attached hydrogen (secondary N) is 1. The lowest BCUT2D eigenvalue weighted by Crippen LogP contribution is -2.23. The van der Waals surface area contributed by atoms with Gasteiger partial charge in [-0.1, -0.05) is 55.9 Å². The first-order valence-electron chi connectivity index (χ1n) is 11.3. The van der Waals surface area contributed by atoms with E-state index in [0.29, 0.717) is 16.9 Å². The average molecular weight is 472 g/mol. The molecule has 1 amide bonds. The second-order valence-electron chi connectivity index (χ2n) is 8.66. The fourth-order valence-electron chi connectivity index (χ4n) is 3.74. The smallest absolute Gasteiger partial charge is 0.237 e. The summed E-state index contributed by atoms with van der Waals surface area (Å²) >= 11 is 1.40. The molecule has 4 aromatic rings. The number of hydrogen-bond acceptors (Lipinski definition) is 5. The Morgan fingerprint density at radius 2 is 1.79 bits per heavy atom. The van der Waals surface area contributed by atoms with Crippen LogP contribution in [0.4, 0.5) is 5.69 Å². The van der Waals surface area contributed by atoms with Crippen molar-refractivity contribution in [3.8, 4) is 17.1 Å². The number of nitrogens with zero attached hydrogens (tertiary/aromatic N) is 4. The summed E-state index contributed by atoms with van der Waals surface area (Å²) in [7, 11) is 0. The number of thioether (sulfide) groups is 1. The summed E-state index contributed by atoms with van der Waals surface area (Å²) in [6.07, 6.45) is 3.52. The van der Waals surface area contributed by atoms with Crippen LogP contribution in [0.2, 0.25) is 0 Å². The molecule has 0 fully saturated rings. The molecule has 0 aliphatic heterocycles. The zero-order chi connectivity index (χ0) is 24.2. The summed E-state index contributed by atoms with van der Waals surface area (Å²) in [5.74, 6) is 0.933. The lowest BCUT2D eigenvalue weighted by Gasteiger charge is -2.18. The van der Waals surface area contributed by atoms with Crippen LogP contribution in [0.5, 0.6) is 0 Å². The van der Waals surface area contributed by atoms with E-state index >= 15 is 0 Å². The van der Waals surface area contributed by atoms with Gasteiger partial charge < -0.3 is 5.32 Å². The summed E-state index contributed by atoms with van der Waals surface area (Å²) in [6.45, 7) is 10.2. The molecule has 0 bridgehead atoms. The Morgan fingerprint density at radius 1 is 1.00 bits per heavy atom. The predicted molar refractivity (Wildman–Crippen MR) is 139 cm³/mol. The second-order valence-corrected chi connectivity index (χ2v) is 9.97. The normalized spacial score (nSPS) is 12.1. The van der Waals surface area contributed by atoms with Crippen molar-refractivity contribution in [2.45, 2.75) is 50.9 Å². The lowest BCUT2D eigenvalue weighted by atomic mass is 10.0. The van der Waals surface area contributed by atoms with E-state index < -0.39 is 0 Å². The third-order valence-corrected chi connectivity index (χ3v) is 6.70. The van der Waals surface area contributed by atoms with Crippen molar-refractivity contribution in [2.24, 2.45) is 0 Å². The van der Waals surface area contributed by atoms with Gasteiger partial charge in [0.05, 0.1) is 10.9 Å². The highest BCUT2D eigenvalue weighted by Crippen LogP contribution is 2.33. The first-order chi connectivity index (χ1) is 16.3. The van der Waals surface area contributed by atoms with Gasteiger partial charge in [-0.25, -0.2) is 0 Å². The molecule has 174 valence electrons. The van der Waals surface area contributed by atoms with Gasteiger partial charge in [0, 0.05) is 23.6 Å². The number of pyridine rings is 1. The monoisotopic (exact) mass is 471 g/mol. The Hall–Kier alpha value is -3.45. The molecule has 2 aromatic heterocycles. The third-order valence-electron chi connectivity index (χ3n) is 5.66. The third kappa shape index (κ3) is 5.04. The number of carbonyl (C=O) groups excluding carboxylic acids is 1. The van der Waals surface area contributed by atoms with Crippen LogP contribution in [0.3, 0.4) is 0 Å². The van der Waals surface area contributed by atoms with E-state index in [-0.39, 0.29) is 11.2 Å². The van der Waals surface area contributed by atoms with Crippen LogP contribution in [0, 0.1) is 13.8 Å². The van der Waals surface area contributed by atoms with Gasteiger partial charge in [0.25, 0.3) is 0 Å². The largest absolute Gasteiger partial charge is 0.325 e. The molecule has 0 spiro atoms. The predicted octanol–water partition coefficient (Wildman–Crippen LogP) is 6.19. The van der Waals surface area contributed by atoms with Gasteiger partial charge in [-0.15, -0.1) is 10.2 Å². The highest BCUT2D eigenvalue weighted by atomic mass is 32.2. The fourth-order valence-corrected chi connectivity index (χ4v) is 4.60. The number of aromatic nitrogens is 4. The van der Waals surface area contributed by atoms with Gasteiger partial charge in [-0.2, -0.15) is 0 Å². The molecular formula is C27H29N5OS. The van der Waals surface area contributed by atoms with E-state index in [0.717, 1.165) is 28.1 Å². The van der Waals surface area contributed by atoms with Crippen LogP contribution in [0.25, 0.3) is 17.1 Å². The maximum atomic E-state index is 13.1. The minimum atomic E-state index is -0.379. The zero-order valence-electron chi connectivity index (χ0n) is 20.1. The van der Waals surface area contributed by atoms with Crippen molar-refractivity contribution in [3.05, 3.63) is 83.7 Å². The number of benzene rings is 2. The van der Waals surface area contributed by atoms with Crippen LogP contribution in [0.1, 0.15) is 43.4 Å². The van der Waals surface area contributed by atoms with Gasteiger partial charge >= 0.3 is 0 Å². The number of hydrogen-bond donors (Lipinski definition) is 1. The Kier molecular flexibility index (Phi) is 7.12. The van der Waals surface area contributed by atoms with E-state index in [2.05, 4.69) is 46.5 Å². The summed E-state index contributed by atoms with van der Waals surface area (Å²) in [4.78, 5) is 17.3. The highest BCUT2D eigenvalue weighted by molar-refractivity contribution is 8.00.